The van der Waals surface area contributed by atoms with E-state index in [9.17, 15) is 0 Å². The van der Waals surface area contributed by atoms with Crippen LogP contribution in [0.3, 0.4) is 0 Å². The van der Waals surface area contributed by atoms with Crippen molar-refractivity contribution in [2.24, 2.45) is 0 Å². The summed E-state index contributed by atoms with van der Waals surface area (Å²) >= 11 is 2.38. The molecule has 2 aromatic rings. The van der Waals surface area contributed by atoms with Crippen LogP contribution in [-0.4, -0.2) is 6.54 Å². The molecule has 0 saturated carbocycles. The van der Waals surface area contributed by atoms with Gasteiger partial charge < -0.3 is 5.32 Å². The summed E-state index contributed by atoms with van der Waals surface area (Å²) in [5.74, 6) is 0. The van der Waals surface area contributed by atoms with Crippen LogP contribution in [0.15, 0.2) is 54.6 Å². The van der Waals surface area contributed by atoms with Crippen molar-refractivity contribution >= 4 is 22.6 Å². The molecule has 100 valence electrons. The molecule has 1 N–H and O–H groups in total. The second-order valence-electron chi connectivity index (χ2n) is 4.75. The average Bonchev–Trinajstić information content (AvgIpc) is 2.44. The lowest BCUT2D eigenvalue weighted by Gasteiger charge is -2.19. The minimum atomic E-state index is 0.400. The minimum Gasteiger partial charge on any atom is -0.310 e. The number of rotatable bonds is 6. The Labute approximate surface area is 129 Å². The molecule has 1 nitrogen and oxygen atoms in total. The molecule has 0 spiro atoms. The van der Waals surface area contributed by atoms with Gasteiger partial charge in [0, 0.05) is 9.61 Å². The molecule has 1 unspecified atom stereocenters. The van der Waals surface area contributed by atoms with Gasteiger partial charge in [-0.1, -0.05) is 49.4 Å². The normalized spacial score (nSPS) is 12.3. The molecule has 0 heterocycles. The summed E-state index contributed by atoms with van der Waals surface area (Å²) in [6.07, 6.45) is 2.20. The first-order valence-corrected chi connectivity index (χ1v) is 7.90. The van der Waals surface area contributed by atoms with Crippen LogP contribution in [0.25, 0.3) is 0 Å². The summed E-state index contributed by atoms with van der Waals surface area (Å²) in [4.78, 5) is 0. The summed E-state index contributed by atoms with van der Waals surface area (Å²) in [5.41, 5.74) is 2.76. The second-order valence-corrected chi connectivity index (χ2v) is 6.00. The maximum absolute atomic E-state index is 3.66. The van der Waals surface area contributed by atoms with E-state index >= 15 is 0 Å². The van der Waals surface area contributed by atoms with Crippen molar-refractivity contribution in [2.75, 3.05) is 6.54 Å². The SMILES string of the molecule is CCCNC(Cc1ccccc1)c1cccc(I)c1. The number of hydrogen-bond acceptors (Lipinski definition) is 1. The van der Waals surface area contributed by atoms with Gasteiger partial charge >= 0.3 is 0 Å². The van der Waals surface area contributed by atoms with Gasteiger partial charge in [-0.05, 0) is 65.2 Å². The van der Waals surface area contributed by atoms with Gasteiger partial charge in [0.05, 0.1) is 0 Å². The average molecular weight is 365 g/mol. The van der Waals surface area contributed by atoms with Gasteiger partial charge in [0.2, 0.25) is 0 Å². The van der Waals surface area contributed by atoms with E-state index in [1.54, 1.807) is 0 Å². The van der Waals surface area contributed by atoms with Crippen molar-refractivity contribution in [1.82, 2.24) is 5.32 Å². The van der Waals surface area contributed by atoms with E-state index in [2.05, 4.69) is 89.4 Å². The molecule has 0 fully saturated rings. The molecular weight excluding hydrogens is 345 g/mol. The van der Waals surface area contributed by atoms with Gasteiger partial charge in [0.25, 0.3) is 0 Å². The largest absolute Gasteiger partial charge is 0.310 e. The number of hydrogen-bond donors (Lipinski definition) is 1. The topological polar surface area (TPSA) is 12.0 Å². The fourth-order valence-electron chi connectivity index (χ4n) is 2.20. The zero-order chi connectivity index (χ0) is 13.5. The van der Waals surface area contributed by atoms with E-state index < -0.39 is 0 Å². The Morgan fingerprint density at radius 1 is 1.05 bits per heavy atom. The second kappa shape index (κ2) is 7.65. The van der Waals surface area contributed by atoms with Crippen LogP contribution in [0.2, 0.25) is 0 Å². The van der Waals surface area contributed by atoms with Crippen molar-refractivity contribution in [2.45, 2.75) is 25.8 Å². The van der Waals surface area contributed by atoms with Gasteiger partial charge in [-0.15, -0.1) is 0 Å². The molecule has 19 heavy (non-hydrogen) atoms. The van der Waals surface area contributed by atoms with Crippen LogP contribution in [0, 0.1) is 3.57 Å². The molecular formula is C17H20IN. The van der Waals surface area contributed by atoms with Crippen molar-refractivity contribution in [1.29, 1.82) is 0 Å². The molecule has 2 heteroatoms. The Kier molecular flexibility index (Phi) is 5.86. The maximum Gasteiger partial charge on any atom is 0.0361 e. The molecule has 0 aromatic heterocycles. The number of benzene rings is 2. The van der Waals surface area contributed by atoms with E-state index in [0.29, 0.717) is 6.04 Å². The molecule has 2 aromatic carbocycles. The summed E-state index contributed by atoms with van der Waals surface area (Å²) < 4.78 is 1.30. The highest BCUT2D eigenvalue weighted by molar-refractivity contribution is 14.1. The fourth-order valence-corrected chi connectivity index (χ4v) is 2.77. The Morgan fingerprint density at radius 2 is 1.84 bits per heavy atom. The Balaban J connectivity index is 2.16. The predicted molar refractivity (Wildman–Crippen MR) is 90.3 cm³/mol. The first-order valence-electron chi connectivity index (χ1n) is 6.82. The van der Waals surface area contributed by atoms with Gasteiger partial charge in [0.15, 0.2) is 0 Å². The lowest BCUT2D eigenvalue weighted by atomic mass is 9.99. The van der Waals surface area contributed by atoms with Crippen molar-refractivity contribution in [3.63, 3.8) is 0 Å². The Morgan fingerprint density at radius 3 is 2.53 bits per heavy atom. The molecule has 0 aliphatic rings. The van der Waals surface area contributed by atoms with Crippen LogP contribution in [0.4, 0.5) is 0 Å². The van der Waals surface area contributed by atoms with Crippen LogP contribution in [0.1, 0.15) is 30.5 Å². The van der Waals surface area contributed by atoms with E-state index in [1.807, 2.05) is 0 Å². The fraction of sp³-hybridized carbons (Fsp3) is 0.294. The third-order valence-corrected chi connectivity index (χ3v) is 3.85. The molecule has 0 amide bonds. The zero-order valence-corrected chi connectivity index (χ0v) is 13.4. The Hall–Kier alpha value is -0.870. The molecule has 0 radical (unpaired) electrons. The zero-order valence-electron chi connectivity index (χ0n) is 11.3. The van der Waals surface area contributed by atoms with E-state index in [-0.39, 0.29) is 0 Å². The standard InChI is InChI=1S/C17H20IN/c1-2-11-19-17(12-14-7-4-3-5-8-14)15-9-6-10-16(18)13-15/h3-10,13,17,19H,2,11-12H2,1H3. The van der Waals surface area contributed by atoms with Crippen LogP contribution >= 0.6 is 22.6 Å². The third-order valence-electron chi connectivity index (χ3n) is 3.17. The van der Waals surface area contributed by atoms with Crippen LogP contribution in [-0.2, 0) is 6.42 Å². The molecule has 1 atom stereocenters. The number of halogens is 1. The van der Waals surface area contributed by atoms with Crippen molar-refractivity contribution in [3.05, 3.63) is 69.3 Å². The van der Waals surface area contributed by atoms with E-state index in [1.165, 1.54) is 14.7 Å². The highest BCUT2D eigenvalue weighted by Crippen LogP contribution is 2.20. The van der Waals surface area contributed by atoms with Gasteiger partial charge in [0.1, 0.15) is 0 Å². The lowest BCUT2D eigenvalue weighted by Crippen LogP contribution is -2.24. The summed E-state index contributed by atoms with van der Waals surface area (Å²) in [6.45, 7) is 3.27. The molecule has 0 saturated heterocycles. The van der Waals surface area contributed by atoms with Gasteiger partial charge in [-0.25, -0.2) is 0 Å². The summed E-state index contributed by atoms with van der Waals surface area (Å²) in [5, 5.41) is 3.66. The predicted octanol–water partition coefficient (Wildman–Crippen LogP) is 4.57. The number of nitrogens with one attached hydrogen (secondary N) is 1. The Bertz CT molecular complexity index is 496. The molecule has 0 bridgehead atoms. The van der Waals surface area contributed by atoms with E-state index in [0.717, 1.165) is 19.4 Å². The van der Waals surface area contributed by atoms with Crippen molar-refractivity contribution < 1.29 is 0 Å². The van der Waals surface area contributed by atoms with Crippen LogP contribution in [0.5, 0.6) is 0 Å². The van der Waals surface area contributed by atoms with E-state index in [4.69, 9.17) is 0 Å². The monoisotopic (exact) mass is 365 g/mol. The van der Waals surface area contributed by atoms with Crippen molar-refractivity contribution in [3.8, 4) is 0 Å². The summed E-state index contributed by atoms with van der Waals surface area (Å²) in [6, 6.07) is 19.9. The first-order chi connectivity index (χ1) is 9.29. The highest BCUT2D eigenvalue weighted by atomic mass is 127. The quantitative estimate of drug-likeness (QED) is 0.740. The lowest BCUT2D eigenvalue weighted by molar-refractivity contribution is 0.529. The summed E-state index contributed by atoms with van der Waals surface area (Å²) in [7, 11) is 0. The molecule has 0 aliphatic carbocycles. The maximum atomic E-state index is 3.66. The minimum absolute atomic E-state index is 0.400. The molecule has 0 aliphatic heterocycles. The third kappa shape index (κ3) is 4.62. The smallest absolute Gasteiger partial charge is 0.0361 e. The molecule has 2 rings (SSSR count). The first kappa shape index (κ1) is 14.5. The van der Waals surface area contributed by atoms with Gasteiger partial charge in [-0.3, -0.25) is 0 Å². The van der Waals surface area contributed by atoms with Crippen LogP contribution < -0.4 is 5.32 Å². The highest BCUT2D eigenvalue weighted by Gasteiger charge is 2.11. The van der Waals surface area contributed by atoms with Gasteiger partial charge in [-0.2, -0.15) is 0 Å².